The third-order valence-electron chi connectivity index (χ3n) is 4.04. The van der Waals surface area contributed by atoms with Crippen LogP contribution in [0.1, 0.15) is 52.9 Å². The summed E-state index contributed by atoms with van der Waals surface area (Å²) in [4.78, 5) is 22.4. The minimum absolute atomic E-state index is 0.0570. The van der Waals surface area contributed by atoms with Crippen LogP contribution < -0.4 is 0 Å². The monoisotopic (exact) mass is 336 g/mol. The number of unbranched alkanes of at least 4 members (excludes halogenated alkanes) is 3. The number of esters is 1. The summed E-state index contributed by atoms with van der Waals surface area (Å²) in [7, 11) is 0. The van der Waals surface area contributed by atoms with E-state index < -0.39 is 24.1 Å². The molecule has 0 spiro atoms. The van der Waals surface area contributed by atoms with Crippen LogP contribution in [-0.2, 0) is 14.3 Å². The average Bonchev–Trinajstić information content (AvgIpc) is 2.51. The number of rotatable bonds is 9. The summed E-state index contributed by atoms with van der Waals surface area (Å²) in [5.41, 5.74) is 0.873. The van der Waals surface area contributed by atoms with Gasteiger partial charge in [-0.05, 0) is 37.0 Å². The normalized spacial score (nSPS) is 23.1. The van der Waals surface area contributed by atoms with Gasteiger partial charge in [-0.25, -0.2) is 9.59 Å². The first-order chi connectivity index (χ1) is 11.3. The van der Waals surface area contributed by atoms with Gasteiger partial charge in [0.15, 0.2) is 6.10 Å². The number of carboxylic acid groups (broad SMARTS) is 1. The maximum absolute atomic E-state index is 11.9. The second-order valence-electron chi connectivity index (χ2n) is 6.35. The molecule has 0 aromatic heterocycles. The topological polar surface area (TPSA) is 83.8 Å². The lowest BCUT2D eigenvalue weighted by Crippen LogP contribution is -2.36. The van der Waals surface area contributed by atoms with Gasteiger partial charge in [-0.3, -0.25) is 0 Å². The molecule has 0 aromatic carbocycles. The molecule has 0 saturated heterocycles. The summed E-state index contributed by atoms with van der Waals surface area (Å²) in [5.74, 6) is -1.43. The molecular weight excluding hydrogens is 308 g/mol. The standard InChI is InChI=1S/C19H28O5/c1-4-5-6-7-8-13(2)11-14(3)18-16(20)12-15(19(23)24-18)9-10-17(21)22/h9-13,16,18,20H,4-8H2,1-3H3,(H,21,22)/b10-9+,14-11+. The largest absolute Gasteiger partial charge is 0.478 e. The Balaban J connectivity index is 2.68. The zero-order chi connectivity index (χ0) is 18.1. The van der Waals surface area contributed by atoms with Crippen LogP contribution in [0.5, 0.6) is 0 Å². The first-order valence-corrected chi connectivity index (χ1v) is 8.55. The van der Waals surface area contributed by atoms with E-state index in [1.54, 1.807) is 0 Å². The van der Waals surface area contributed by atoms with E-state index >= 15 is 0 Å². The molecule has 0 bridgehead atoms. The Kier molecular flexibility index (Phi) is 8.47. The molecule has 24 heavy (non-hydrogen) atoms. The summed E-state index contributed by atoms with van der Waals surface area (Å²) in [5, 5.41) is 18.8. The highest BCUT2D eigenvalue weighted by Crippen LogP contribution is 2.23. The van der Waals surface area contributed by atoms with Crippen molar-refractivity contribution in [1.82, 2.24) is 0 Å². The van der Waals surface area contributed by atoms with Crippen molar-refractivity contribution in [3.8, 4) is 0 Å². The second kappa shape index (κ2) is 10.1. The molecular formula is C19H28O5. The Hall–Kier alpha value is -1.88. The quantitative estimate of drug-likeness (QED) is 0.292. The van der Waals surface area contributed by atoms with Crippen LogP contribution in [0.25, 0.3) is 0 Å². The summed E-state index contributed by atoms with van der Waals surface area (Å²) in [6, 6.07) is 0. The van der Waals surface area contributed by atoms with Crippen LogP contribution in [0.2, 0.25) is 0 Å². The van der Waals surface area contributed by atoms with Crippen molar-refractivity contribution in [1.29, 1.82) is 0 Å². The van der Waals surface area contributed by atoms with E-state index in [0.717, 1.165) is 30.6 Å². The maximum Gasteiger partial charge on any atom is 0.338 e. The van der Waals surface area contributed by atoms with Crippen LogP contribution in [0.3, 0.4) is 0 Å². The summed E-state index contributed by atoms with van der Waals surface area (Å²) in [6.07, 6.45) is 9.59. The molecule has 5 heteroatoms. The fourth-order valence-electron chi connectivity index (χ4n) is 2.76. The molecule has 3 atom stereocenters. The van der Waals surface area contributed by atoms with Crippen LogP contribution >= 0.6 is 0 Å². The van der Waals surface area contributed by atoms with Gasteiger partial charge in [-0.2, -0.15) is 0 Å². The van der Waals surface area contributed by atoms with Crippen molar-refractivity contribution in [2.24, 2.45) is 5.92 Å². The van der Waals surface area contributed by atoms with Gasteiger partial charge in [-0.15, -0.1) is 0 Å². The van der Waals surface area contributed by atoms with E-state index in [2.05, 4.69) is 13.8 Å². The summed E-state index contributed by atoms with van der Waals surface area (Å²) < 4.78 is 5.28. The van der Waals surface area contributed by atoms with Gasteiger partial charge in [0.05, 0.1) is 5.57 Å². The zero-order valence-corrected chi connectivity index (χ0v) is 14.7. The number of aliphatic carboxylic acids is 1. The maximum atomic E-state index is 11.9. The van der Waals surface area contributed by atoms with Gasteiger partial charge in [0.1, 0.15) is 6.10 Å². The molecule has 1 aliphatic rings. The minimum atomic E-state index is -1.16. The van der Waals surface area contributed by atoms with Crippen LogP contribution in [-0.4, -0.2) is 34.4 Å². The number of hydrogen-bond acceptors (Lipinski definition) is 4. The molecule has 134 valence electrons. The molecule has 0 radical (unpaired) electrons. The van der Waals surface area contributed by atoms with Gasteiger partial charge >= 0.3 is 11.9 Å². The lowest BCUT2D eigenvalue weighted by atomic mass is 9.95. The Morgan fingerprint density at radius 2 is 2.08 bits per heavy atom. The predicted octanol–water partition coefficient (Wildman–Crippen LogP) is 3.39. The number of carboxylic acids is 1. The summed E-state index contributed by atoms with van der Waals surface area (Å²) >= 11 is 0. The van der Waals surface area contributed by atoms with E-state index in [0.29, 0.717) is 5.92 Å². The van der Waals surface area contributed by atoms with Gasteiger partial charge in [0.2, 0.25) is 0 Å². The number of carbonyl (C=O) groups excluding carboxylic acids is 1. The molecule has 1 aliphatic heterocycles. The second-order valence-corrected chi connectivity index (χ2v) is 6.35. The van der Waals surface area contributed by atoms with Gasteiger partial charge in [0, 0.05) is 6.08 Å². The molecule has 0 amide bonds. The van der Waals surface area contributed by atoms with Crippen molar-refractivity contribution in [2.75, 3.05) is 0 Å². The Morgan fingerprint density at radius 3 is 2.71 bits per heavy atom. The number of carbonyl (C=O) groups is 2. The molecule has 1 heterocycles. The first-order valence-electron chi connectivity index (χ1n) is 8.55. The molecule has 0 saturated carbocycles. The molecule has 5 nitrogen and oxygen atoms in total. The van der Waals surface area contributed by atoms with E-state index in [4.69, 9.17) is 9.84 Å². The molecule has 3 unspecified atom stereocenters. The van der Waals surface area contributed by atoms with Crippen LogP contribution in [0, 0.1) is 5.92 Å². The van der Waals surface area contributed by atoms with Crippen molar-refractivity contribution < 1.29 is 24.5 Å². The van der Waals surface area contributed by atoms with Gasteiger partial charge in [0.25, 0.3) is 0 Å². The van der Waals surface area contributed by atoms with Crippen molar-refractivity contribution in [2.45, 2.75) is 65.1 Å². The van der Waals surface area contributed by atoms with Crippen LogP contribution in [0.15, 0.2) is 35.5 Å². The predicted molar refractivity (Wildman–Crippen MR) is 92.4 cm³/mol. The average molecular weight is 336 g/mol. The number of aliphatic hydroxyl groups is 1. The number of allylic oxidation sites excluding steroid dienone is 1. The smallest absolute Gasteiger partial charge is 0.338 e. The number of ether oxygens (including phenoxy) is 1. The molecule has 2 N–H and O–H groups in total. The highest BCUT2D eigenvalue weighted by molar-refractivity contribution is 5.94. The van der Waals surface area contributed by atoms with Crippen LogP contribution in [0.4, 0.5) is 0 Å². The van der Waals surface area contributed by atoms with Crippen molar-refractivity contribution in [3.63, 3.8) is 0 Å². The SMILES string of the molecule is CCCCCCC(C)/C=C(\C)C1OC(=O)C(/C=C/C(=O)O)=CC1O. The fraction of sp³-hybridized carbons (Fsp3) is 0.579. The number of cyclic esters (lactones) is 1. The molecule has 0 fully saturated rings. The van der Waals surface area contributed by atoms with E-state index in [1.165, 1.54) is 25.3 Å². The lowest BCUT2D eigenvalue weighted by molar-refractivity contribution is -0.147. The fourth-order valence-corrected chi connectivity index (χ4v) is 2.76. The Bertz CT molecular complexity index is 530. The van der Waals surface area contributed by atoms with E-state index in [1.807, 2.05) is 13.0 Å². The van der Waals surface area contributed by atoms with Gasteiger partial charge in [-0.1, -0.05) is 45.6 Å². The Labute approximate surface area is 143 Å². The third kappa shape index (κ3) is 6.71. The molecule has 1 rings (SSSR count). The third-order valence-corrected chi connectivity index (χ3v) is 4.04. The van der Waals surface area contributed by atoms with E-state index in [9.17, 15) is 14.7 Å². The minimum Gasteiger partial charge on any atom is -0.478 e. The van der Waals surface area contributed by atoms with E-state index in [-0.39, 0.29) is 5.57 Å². The van der Waals surface area contributed by atoms with Crippen molar-refractivity contribution in [3.05, 3.63) is 35.5 Å². The Morgan fingerprint density at radius 1 is 1.38 bits per heavy atom. The molecule has 0 aliphatic carbocycles. The highest BCUT2D eigenvalue weighted by atomic mass is 16.6. The van der Waals surface area contributed by atoms with Crippen molar-refractivity contribution >= 4 is 11.9 Å². The molecule has 0 aromatic rings. The highest BCUT2D eigenvalue weighted by Gasteiger charge is 2.30. The number of hydrogen-bond donors (Lipinski definition) is 2. The number of aliphatic hydroxyl groups excluding tert-OH is 1. The lowest BCUT2D eigenvalue weighted by Gasteiger charge is -2.27. The first kappa shape index (κ1) is 20.2. The summed E-state index contributed by atoms with van der Waals surface area (Å²) in [6.45, 7) is 6.14. The van der Waals surface area contributed by atoms with Gasteiger partial charge < -0.3 is 14.9 Å². The zero-order valence-electron chi connectivity index (χ0n) is 14.7.